The third-order valence-corrected chi connectivity index (χ3v) is 3.60. The van der Waals surface area contributed by atoms with Crippen LogP contribution in [0.3, 0.4) is 0 Å². The molecule has 0 spiro atoms. The molecular formula is C18H16FN3O2. The number of carbonyl (C=O) groups excluding carboxylic acids is 2. The summed E-state index contributed by atoms with van der Waals surface area (Å²) < 4.78 is 12.8. The predicted octanol–water partition coefficient (Wildman–Crippen LogP) is 2.60. The summed E-state index contributed by atoms with van der Waals surface area (Å²) in [7, 11) is 0. The van der Waals surface area contributed by atoms with E-state index in [1.54, 1.807) is 6.20 Å². The van der Waals surface area contributed by atoms with Crippen LogP contribution in [0, 0.1) is 5.82 Å². The lowest BCUT2D eigenvalue weighted by molar-refractivity contribution is -0.123. The van der Waals surface area contributed by atoms with Crippen molar-refractivity contribution in [3.8, 4) is 0 Å². The summed E-state index contributed by atoms with van der Waals surface area (Å²) >= 11 is 0. The number of hydrogen-bond acceptors (Lipinski definition) is 2. The van der Waals surface area contributed by atoms with Gasteiger partial charge in [-0.25, -0.2) is 4.39 Å². The maximum absolute atomic E-state index is 12.8. The summed E-state index contributed by atoms with van der Waals surface area (Å²) in [5.41, 5.74) is 2.32. The molecule has 0 saturated carbocycles. The number of amides is 2. The van der Waals surface area contributed by atoms with Gasteiger partial charge in [-0.05, 0) is 35.9 Å². The molecule has 3 aromatic rings. The summed E-state index contributed by atoms with van der Waals surface area (Å²) in [5, 5.41) is 6.15. The molecule has 0 aliphatic carbocycles. The maximum atomic E-state index is 12.8. The number of aromatic nitrogens is 1. The molecule has 5 nitrogen and oxygen atoms in total. The van der Waals surface area contributed by atoms with E-state index < -0.39 is 0 Å². The van der Waals surface area contributed by atoms with Gasteiger partial charge in [-0.2, -0.15) is 0 Å². The lowest BCUT2D eigenvalue weighted by Gasteiger charge is -2.07. The number of hydrogen-bond donors (Lipinski definition) is 3. The Kier molecular flexibility index (Phi) is 4.56. The molecule has 0 fully saturated rings. The SMILES string of the molecule is O=C(Cc1c[nH]c2ccccc12)NCC(=O)Nc1ccc(F)cc1. The van der Waals surface area contributed by atoms with E-state index in [0.717, 1.165) is 16.5 Å². The number of carbonyl (C=O) groups is 2. The van der Waals surface area contributed by atoms with Gasteiger partial charge in [0.25, 0.3) is 0 Å². The van der Waals surface area contributed by atoms with Crippen molar-refractivity contribution in [2.24, 2.45) is 0 Å². The fourth-order valence-corrected chi connectivity index (χ4v) is 2.43. The first kappa shape index (κ1) is 15.7. The number of halogens is 1. The van der Waals surface area contributed by atoms with Crippen molar-refractivity contribution in [1.29, 1.82) is 0 Å². The largest absolute Gasteiger partial charge is 0.361 e. The van der Waals surface area contributed by atoms with E-state index in [9.17, 15) is 14.0 Å². The van der Waals surface area contributed by atoms with Gasteiger partial charge in [0.2, 0.25) is 11.8 Å². The number of nitrogens with one attached hydrogen (secondary N) is 3. The molecule has 0 atom stereocenters. The first-order valence-corrected chi connectivity index (χ1v) is 7.49. The Morgan fingerprint density at radius 2 is 1.75 bits per heavy atom. The Morgan fingerprint density at radius 1 is 1.00 bits per heavy atom. The van der Waals surface area contributed by atoms with Crippen LogP contribution in [0.5, 0.6) is 0 Å². The third-order valence-electron chi connectivity index (χ3n) is 3.60. The van der Waals surface area contributed by atoms with Crippen LogP contribution in [0.1, 0.15) is 5.56 Å². The van der Waals surface area contributed by atoms with Gasteiger partial charge in [0.15, 0.2) is 0 Å². The zero-order chi connectivity index (χ0) is 16.9. The number of anilines is 1. The molecule has 0 bridgehead atoms. The monoisotopic (exact) mass is 325 g/mol. The minimum Gasteiger partial charge on any atom is -0.361 e. The van der Waals surface area contributed by atoms with E-state index in [1.165, 1.54) is 24.3 Å². The number of H-pyrrole nitrogens is 1. The quantitative estimate of drug-likeness (QED) is 0.674. The molecule has 0 saturated heterocycles. The molecule has 0 aliphatic heterocycles. The van der Waals surface area contributed by atoms with Crippen molar-refractivity contribution in [2.75, 3.05) is 11.9 Å². The van der Waals surface area contributed by atoms with Crippen LogP contribution in [0.2, 0.25) is 0 Å². The summed E-state index contributed by atoms with van der Waals surface area (Å²) in [4.78, 5) is 26.9. The van der Waals surface area contributed by atoms with Crippen LogP contribution in [-0.4, -0.2) is 23.3 Å². The molecule has 24 heavy (non-hydrogen) atoms. The number of benzene rings is 2. The molecule has 6 heteroatoms. The molecule has 2 amide bonds. The van der Waals surface area contributed by atoms with Gasteiger partial charge in [0.05, 0.1) is 13.0 Å². The van der Waals surface area contributed by atoms with Crippen molar-refractivity contribution in [3.05, 3.63) is 66.1 Å². The van der Waals surface area contributed by atoms with Crippen molar-refractivity contribution < 1.29 is 14.0 Å². The first-order valence-electron chi connectivity index (χ1n) is 7.49. The molecule has 2 aromatic carbocycles. The minimum atomic E-state index is -0.375. The van der Waals surface area contributed by atoms with E-state index in [1.807, 2.05) is 24.3 Å². The number of fused-ring (bicyclic) bond motifs is 1. The van der Waals surface area contributed by atoms with Crippen LogP contribution in [0.15, 0.2) is 54.7 Å². The van der Waals surface area contributed by atoms with Crippen molar-refractivity contribution in [1.82, 2.24) is 10.3 Å². The number of aromatic amines is 1. The van der Waals surface area contributed by atoms with Crippen LogP contribution in [0.25, 0.3) is 10.9 Å². The van der Waals surface area contributed by atoms with Crippen LogP contribution < -0.4 is 10.6 Å². The second-order valence-corrected chi connectivity index (χ2v) is 5.37. The van der Waals surface area contributed by atoms with E-state index in [4.69, 9.17) is 0 Å². The van der Waals surface area contributed by atoms with Gasteiger partial charge in [-0.1, -0.05) is 18.2 Å². The summed E-state index contributed by atoms with van der Waals surface area (Å²) in [6, 6.07) is 13.1. The highest BCUT2D eigenvalue weighted by Gasteiger charge is 2.10. The zero-order valence-electron chi connectivity index (χ0n) is 12.8. The Balaban J connectivity index is 1.52. The Bertz CT molecular complexity index is 871. The molecular weight excluding hydrogens is 309 g/mol. The summed E-state index contributed by atoms with van der Waals surface area (Å²) in [6.45, 7) is -0.140. The van der Waals surface area contributed by atoms with Crippen molar-refractivity contribution in [3.63, 3.8) is 0 Å². The zero-order valence-corrected chi connectivity index (χ0v) is 12.8. The van der Waals surface area contributed by atoms with Gasteiger partial charge in [-0.3, -0.25) is 9.59 Å². The van der Waals surface area contributed by atoms with Gasteiger partial charge < -0.3 is 15.6 Å². The van der Waals surface area contributed by atoms with Crippen LogP contribution in [-0.2, 0) is 16.0 Å². The molecule has 0 radical (unpaired) electrons. The van der Waals surface area contributed by atoms with Crippen molar-refractivity contribution in [2.45, 2.75) is 6.42 Å². The standard InChI is InChI=1S/C18H16FN3O2/c19-13-5-7-14(8-6-13)22-18(24)11-21-17(23)9-12-10-20-16-4-2-1-3-15(12)16/h1-8,10,20H,9,11H2,(H,21,23)(H,22,24). The maximum Gasteiger partial charge on any atom is 0.243 e. The fraction of sp³-hybridized carbons (Fsp3) is 0.111. The third kappa shape index (κ3) is 3.78. The highest BCUT2D eigenvalue weighted by molar-refractivity contribution is 5.95. The first-order chi connectivity index (χ1) is 11.6. The second kappa shape index (κ2) is 6.95. The lowest BCUT2D eigenvalue weighted by Crippen LogP contribution is -2.33. The average molecular weight is 325 g/mol. The highest BCUT2D eigenvalue weighted by atomic mass is 19.1. The molecule has 1 aromatic heterocycles. The Labute approximate surface area is 137 Å². The molecule has 0 unspecified atom stereocenters. The number of rotatable bonds is 5. The molecule has 122 valence electrons. The molecule has 1 heterocycles. The highest BCUT2D eigenvalue weighted by Crippen LogP contribution is 2.17. The topological polar surface area (TPSA) is 74.0 Å². The van der Waals surface area contributed by atoms with Crippen LogP contribution >= 0.6 is 0 Å². The normalized spacial score (nSPS) is 10.5. The van der Waals surface area contributed by atoms with Gasteiger partial charge in [-0.15, -0.1) is 0 Å². The van der Waals surface area contributed by atoms with E-state index in [-0.39, 0.29) is 30.6 Å². The van der Waals surface area contributed by atoms with E-state index in [2.05, 4.69) is 15.6 Å². The number of para-hydroxylation sites is 1. The summed E-state index contributed by atoms with van der Waals surface area (Å²) in [6.07, 6.45) is 1.98. The Morgan fingerprint density at radius 3 is 2.54 bits per heavy atom. The molecule has 0 aliphatic rings. The lowest BCUT2D eigenvalue weighted by atomic mass is 10.1. The minimum absolute atomic E-state index is 0.140. The second-order valence-electron chi connectivity index (χ2n) is 5.37. The fourth-order valence-electron chi connectivity index (χ4n) is 2.43. The van der Waals surface area contributed by atoms with Gasteiger partial charge in [0, 0.05) is 22.8 Å². The molecule has 3 rings (SSSR count). The average Bonchev–Trinajstić information content (AvgIpc) is 2.98. The van der Waals surface area contributed by atoms with Gasteiger partial charge in [0.1, 0.15) is 5.82 Å². The van der Waals surface area contributed by atoms with E-state index in [0.29, 0.717) is 5.69 Å². The summed E-state index contributed by atoms with van der Waals surface area (Å²) in [5.74, 6) is -0.983. The smallest absolute Gasteiger partial charge is 0.243 e. The Hall–Kier alpha value is -3.15. The van der Waals surface area contributed by atoms with Crippen LogP contribution in [0.4, 0.5) is 10.1 Å². The molecule has 3 N–H and O–H groups in total. The van der Waals surface area contributed by atoms with Crippen molar-refractivity contribution >= 4 is 28.4 Å². The predicted molar refractivity (Wildman–Crippen MR) is 90.0 cm³/mol. The van der Waals surface area contributed by atoms with E-state index >= 15 is 0 Å². The van der Waals surface area contributed by atoms with Gasteiger partial charge >= 0.3 is 0 Å².